The largest absolute Gasteiger partial charge is 0.344 e. The summed E-state index contributed by atoms with van der Waals surface area (Å²) in [5, 5.41) is 3.33. The molecule has 0 spiro atoms. The SMILES string of the molecule is CC(C)c1ccc(C=C[C@]23NC(=O)CCN2c2ccccc2C3(C)C)cc1. The molecule has 0 aliphatic carbocycles. The Morgan fingerprint density at radius 2 is 1.78 bits per heavy atom. The Labute approximate surface area is 162 Å². The first-order valence-electron chi connectivity index (χ1n) is 9.82. The fourth-order valence-electron chi connectivity index (χ4n) is 4.53. The number of rotatable bonds is 3. The molecule has 1 amide bonds. The molecule has 0 aromatic heterocycles. The van der Waals surface area contributed by atoms with Gasteiger partial charge in [0.1, 0.15) is 5.66 Å². The number of amides is 1. The van der Waals surface area contributed by atoms with Gasteiger partial charge in [-0.3, -0.25) is 4.79 Å². The third kappa shape index (κ3) is 2.68. The molecule has 4 rings (SSSR count). The van der Waals surface area contributed by atoms with Crippen LogP contribution in [0.15, 0.2) is 54.6 Å². The van der Waals surface area contributed by atoms with Gasteiger partial charge in [0.05, 0.1) is 0 Å². The molecule has 27 heavy (non-hydrogen) atoms. The Morgan fingerprint density at radius 1 is 1.07 bits per heavy atom. The van der Waals surface area contributed by atoms with E-state index in [2.05, 4.69) is 98.6 Å². The molecule has 0 saturated carbocycles. The Kier molecular flexibility index (Phi) is 4.14. The molecular formula is C24H28N2O. The summed E-state index contributed by atoms with van der Waals surface area (Å²) < 4.78 is 0. The highest BCUT2D eigenvalue weighted by molar-refractivity contribution is 5.84. The molecule has 2 aromatic rings. The topological polar surface area (TPSA) is 32.3 Å². The van der Waals surface area contributed by atoms with Gasteiger partial charge in [-0.25, -0.2) is 0 Å². The number of anilines is 1. The zero-order valence-electron chi connectivity index (χ0n) is 16.6. The first kappa shape index (κ1) is 17.8. The van der Waals surface area contributed by atoms with Gasteiger partial charge in [-0.1, -0.05) is 76.2 Å². The molecule has 0 unspecified atom stereocenters. The second kappa shape index (κ2) is 6.26. The van der Waals surface area contributed by atoms with Crippen LogP contribution >= 0.6 is 0 Å². The van der Waals surface area contributed by atoms with E-state index in [1.807, 2.05) is 0 Å². The molecule has 2 aliphatic heterocycles. The van der Waals surface area contributed by atoms with Crippen molar-refractivity contribution in [2.24, 2.45) is 0 Å². The van der Waals surface area contributed by atoms with Gasteiger partial charge < -0.3 is 10.2 Å². The Hall–Kier alpha value is -2.55. The number of benzene rings is 2. The molecule has 2 heterocycles. The third-order valence-corrected chi connectivity index (χ3v) is 6.26. The fraction of sp³-hybridized carbons (Fsp3) is 0.375. The van der Waals surface area contributed by atoms with Gasteiger partial charge >= 0.3 is 0 Å². The molecule has 0 radical (unpaired) electrons. The van der Waals surface area contributed by atoms with Crippen LogP contribution in [0.3, 0.4) is 0 Å². The van der Waals surface area contributed by atoms with Crippen molar-refractivity contribution in [2.75, 3.05) is 11.4 Å². The zero-order valence-corrected chi connectivity index (χ0v) is 16.6. The molecule has 1 saturated heterocycles. The summed E-state index contributed by atoms with van der Waals surface area (Å²) in [7, 11) is 0. The van der Waals surface area contributed by atoms with Crippen molar-refractivity contribution in [1.82, 2.24) is 5.32 Å². The summed E-state index contributed by atoms with van der Waals surface area (Å²) in [6.07, 6.45) is 4.87. The average molecular weight is 361 g/mol. The van der Waals surface area contributed by atoms with Crippen molar-refractivity contribution in [3.8, 4) is 0 Å². The van der Waals surface area contributed by atoms with E-state index in [-0.39, 0.29) is 11.3 Å². The second-order valence-corrected chi connectivity index (χ2v) is 8.51. The number of fused-ring (bicyclic) bond motifs is 3. The van der Waals surface area contributed by atoms with E-state index < -0.39 is 5.66 Å². The van der Waals surface area contributed by atoms with E-state index in [4.69, 9.17) is 0 Å². The Morgan fingerprint density at radius 3 is 2.48 bits per heavy atom. The van der Waals surface area contributed by atoms with E-state index in [0.717, 1.165) is 12.1 Å². The van der Waals surface area contributed by atoms with Crippen LogP contribution in [0.1, 0.15) is 56.7 Å². The number of nitrogens with one attached hydrogen (secondary N) is 1. The maximum atomic E-state index is 12.4. The lowest BCUT2D eigenvalue weighted by Crippen LogP contribution is -2.68. The van der Waals surface area contributed by atoms with Gasteiger partial charge in [0, 0.05) is 24.1 Å². The number of hydrogen-bond donors (Lipinski definition) is 1. The van der Waals surface area contributed by atoms with Gasteiger partial charge in [0.25, 0.3) is 0 Å². The van der Waals surface area contributed by atoms with E-state index in [1.165, 1.54) is 16.8 Å². The van der Waals surface area contributed by atoms with Crippen LogP contribution in [-0.4, -0.2) is 18.1 Å². The Bertz CT molecular complexity index is 895. The molecule has 2 aliphatic rings. The van der Waals surface area contributed by atoms with Gasteiger partial charge in [-0.2, -0.15) is 0 Å². The highest BCUT2D eigenvalue weighted by Gasteiger charge is 2.57. The van der Waals surface area contributed by atoms with Crippen molar-refractivity contribution in [1.29, 1.82) is 0 Å². The van der Waals surface area contributed by atoms with E-state index >= 15 is 0 Å². The minimum Gasteiger partial charge on any atom is -0.344 e. The van der Waals surface area contributed by atoms with Crippen LogP contribution in [0.2, 0.25) is 0 Å². The van der Waals surface area contributed by atoms with Crippen molar-refractivity contribution < 1.29 is 4.79 Å². The minimum absolute atomic E-state index is 0.118. The number of para-hydroxylation sites is 1. The molecule has 2 aromatic carbocycles. The normalized spacial score (nSPS) is 23.4. The molecule has 1 atom stereocenters. The molecule has 1 fully saturated rings. The fourth-order valence-corrected chi connectivity index (χ4v) is 4.53. The summed E-state index contributed by atoms with van der Waals surface area (Å²) in [6.45, 7) is 9.60. The lowest BCUT2D eigenvalue weighted by atomic mass is 9.74. The maximum Gasteiger partial charge on any atom is 0.223 e. The number of carbonyl (C=O) groups excluding carboxylic acids is 1. The molecule has 1 N–H and O–H groups in total. The number of hydrogen-bond acceptors (Lipinski definition) is 2. The van der Waals surface area contributed by atoms with Crippen molar-refractivity contribution in [3.63, 3.8) is 0 Å². The molecule has 3 heteroatoms. The minimum atomic E-state index is -0.539. The van der Waals surface area contributed by atoms with Crippen LogP contribution in [0, 0.1) is 0 Å². The molecule has 0 bridgehead atoms. The summed E-state index contributed by atoms with van der Waals surface area (Å²) in [5.41, 5.74) is 4.23. The van der Waals surface area contributed by atoms with Crippen molar-refractivity contribution in [3.05, 3.63) is 71.3 Å². The first-order valence-corrected chi connectivity index (χ1v) is 9.82. The summed E-state index contributed by atoms with van der Waals surface area (Å²) in [6, 6.07) is 17.2. The number of nitrogens with zero attached hydrogens (tertiary/aromatic N) is 1. The summed E-state index contributed by atoms with van der Waals surface area (Å²) in [5.74, 6) is 0.643. The lowest BCUT2D eigenvalue weighted by Gasteiger charge is -2.49. The highest BCUT2D eigenvalue weighted by Crippen LogP contribution is 2.52. The highest BCUT2D eigenvalue weighted by atomic mass is 16.2. The van der Waals surface area contributed by atoms with Crippen LogP contribution < -0.4 is 10.2 Å². The van der Waals surface area contributed by atoms with Crippen LogP contribution in [0.5, 0.6) is 0 Å². The van der Waals surface area contributed by atoms with Crippen molar-refractivity contribution in [2.45, 2.75) is 51.1 Å². The summed E-state index contributed by atoms with van der Waals surface area (Å²) in [4.78, 5) is 14.8. The maximum absolute atomic E-state index is 12.4. The lowest BCUT2D eigenvalue weighted by molar-refractivity contribution is -0.124. The third-order valence-electron chi connectivity index (χ3n) is 6.26. The van der Waals surface area contributed by atoms with Gasteiger partial charge in [0.2, 0.25) is 5.91 Å². The van der Waals surface area contributed by atoms with Crippen LogP contribution in [0.4, 0.5) is 5.69 Å². The standard InChI is InChI=1S/C24H28N2O/c1-17(2)19-11-9-18(10-12-19)13-15-24-23(3,4)20-7-5-6-8-21(20)26(24)16-14-22(27)25-24/h5-13,15,17H,14,16H2,1-4H3,(H,25,27)/t24-/m0/s1. The monoisotopic (exact) mass is 360 g/mol. The van der Waals surface area contributed by atoms with E-state index in [9.17, 15) is 4.79 Å². The zero-order chi connectivity index (χ0) is 19.2. The van der Waals surface area contributed by atoms with E-state index in [0.29, 0.717) is 12.3 Å². The Balaban J connectivity index is 1.77. The molecule has 140 valence electrons. The average Bonchev–Trinajstić information content (AvgIpc) is 2.85. The van der Waals surface area contributed by atoms with Gasteiger partial charge in [-0.15, -0.1) is 0 Å². The van der Waals surface area contributed by atoms with Gasteiger partial charge in [-0.05, 0) is 34.8 Å². The van der Waals surface area contributed by atoms with Crippen LogP contribution in [0.25, 0.3) is 6.08 Å². The predicted octanol–water partition coefficient (Wildman–Crippen LogP) is 4.84. The van der Waals surface area contributed by atoms with Crippen molar-refractivity contribution >= 4 is 17.7 Å². The first-order chi connectivity index (χ1) is 12.8. The molecular weight excluding hydrogens is 332 g/mol. The smallest absolute Gasteiger partial charge is 0.223 e. The van der Waals surface area contributed by atoms with Crippen LogP contribution in [-0.2, 0) is 10.2 Å². The summed E-state index contributed by atoms with van der Waals surface area (Å²) >= 11 is 0. The van der Waals surface area contributed by atoms with Gasteiger partial charge in [0.15, 0.2) is 0 Å². The number of carbonyl (C=O) groups is 1. The van der Waals surface area contributed by atoms with E-state index in [1.54, 1.807) is 0 Å². The second-order valence-electron chi connectivity index (χ2n) is 8.51. The predicted molar refractivity (Wildman–Crippen MR) is 112 cm³/mol. The molecule has 3 nitrogen and oxygen atoms in total. The quantitative estimate of drug-likeness (QED) is 0.850.